The lowest BCUT2D eigenvalue weighted by Crippen LogP contribution is -2.48. The summed E-state index contributed by atoms with van der Waals surface area (Å²) < 4.78 is 27.1. The summed E-state index contributed by atoms with van der Waals surface area (Å²) in [6, 6.07) is 3.27. The SMILES string of the molecule is C=CC(=O)N1CCN(c2nc(OC3CCN(C)CC3)nc3c(Oc4c(Cl)c(F)cc5[nH]ncc45)nccc23)CC1. The molecule has 0 unspecified atom stereocenters. The minimum absolute atomic E-state index is 0.0344. The van der Waals surface area contributed by atoms with Crippen LogP contribution in [0.2, 0.25) is 5.02 Å². The molecule has 40 heavy (non-hydrogen) atoms. The lowest BCUT2D eigenvalue weighted by molar-refractivity contribution is -0.126. The van der Waals surface area contributed by atoms with Crippen LogP contribution in [0.1, 0.15) is 12.8 Å². The van der Waals surface area contributed by atoms with Crippen molar-refractivity contribution in [3.8, 4) is 17.6 Å². The largest absolute Gasteiger partial charge is 0.460 e. The summed E-state index contributed by atoms with van der Waals surface area (Å²) in [5.41, 5.74) is 0.836. The average molecular weight is 567 g/mol. The van der Waals surface area contributed by atoms with Gasteiger partial charge in [-0.2, -0.15) is 15.1 Å². The van der Waals surface area contributed by atoms with E-state index in [1.54, 1.807) is 17.2 Å². The topological polar surface area (TPSA) is 113 Å². The Morgan fingerprint density at radius 1 is 1.18 bits per heavy atom. The number of piperidine rings is 1. The fraction of sp³-hybridized carbons (Fsp3) is 0.370. The molecule has 208 valence electrons. The van der Waals surface area contributed by atoms with Crippen LogP contribution in [-0.2, 0) is 4.79 Å². The van der Waals surface area contributed by atoms with E-state index in [0.29, 0.717) is 53.8 Å². The highest BCUT2D eigenvalue weighted by Crippen LogP contribution is 2.40. The van der Waals surface area contributed by atoms with Gasteiger partial charge in [-0.1, -0.05) is 18.2 Å². The van der Waals surface area contributed by atoms with Crippen LogP contribution in [0.25, 0.3) is 21.8 Å². The van der Waals surface area contributed by atoms with Gasteiger partial charge >= 0.3 is 6.01 Å². The molecule has 6 rings (SSSR count). The van der Waals surface area contributed by atoms with E-state index in [9.17, 15) is 9.18 Å². The number of carbonyl (C=O) groups is 1. The molecule has 0 aliphatic carbocycles. The van der Waals surface area contributed by atoms with Crippen LogP contribution in [0.5, 0.6) is 17.6 Å². The van der Waals surface area contributed by atoms with E-state index in [4.69, 9.17) is 31.0 Å². The number of ether oxygens (including phenoxy) is 2. The predicted octanol–water partition coefficient (Wildman–Crippen LogP) is 3.79. The van der Waals surface area contributed by atoms with Gasteiger partial charge in [0.05, 0.1) is 22.5 Å². The van der Waals surface area contributed by atoms with Crippen molar-refractivity contribution in [1.29, 1.82) is 0 Å². The van der Waals surface area contributed by atoms with Gasteiger partial charge in [0.1, 0.15) is 28.3 Å². The second-order valence-corrected chi connectivity index (χ2v) is 10.3. The van der Waals surface area contributed by atoms with Crippen LogP contribution >= 0.6 is 11.6 Å². The molecule has 1 amide bonds. The van der Waals surface area contributed by atoms with Gasteiger partial charge in [0.15, 0.2) is 5.75 Å². The number of nitrogens with zero attached hydrogens (tertiary/aromatic N) is 7. The number of hydrogen-bond donors (Lipinski definition) is 1. The van der Waals surface area contributed by atoms with Crippen LogP contribution in [0, 0.1) is 5.82 Å². The molecule has 2 aliphatic rings. The maximum absolute atomic E-state index is 14.6. The van der Waals surface area contributed by atoms with Crippen molar-refractivity contribution in [3.05, 3.63) is 48.0 Å². The molecule has 0 atom stereocenters. The van der Waals surface area contributed by atoms with Crippen LogP contribution in [0.3, 0.4) is 0 Å². The summed E-state index contributed by atoms with van der Waals surface area (Å²) in [7, 11) is 2.08. The van der Waals surface area contributed by atoms with Gasteiger partial charge in [-0.25, -0.2) is 9.37 Å². The van der Waals surface area contributed by atoms with Crippen molar-refractivity contribution in [2.75, 3.05) is 51.2 Å². The fourth-order valence-corrected chi connectivity index (χ4v) is 5.28. The van der Waals surface area contributed by atoms with Gasteiger partial charge in [-0.3, -0.25) is 9.89 Å². The van der Waals surface area contributed by atoms with Crippen molar-refractivity contribution >= 4 is 45.1 Å². The molecule has 1 N–H and O–H groups in total. The number of amides is 1. The number of nitrogens with one attached hydrogen (secondary N) is 1. The number of halogens is 2. The van der Waals surface area contributed by atoms with E-state index in [0.717, 1.165) is 25.9 Å². The molecule has 3 aromatic heterocycles. The van der Waals surface area contributed by atoms with Crippen LogP contribution in [0.15, 0.2) is 37.2 Å². The summed E-state index contributed by atoms with van der Waals surface area (Å²) >= 11 is 6.33. The highest BCUT2D eigenvalue weighted by Gasteiger charge is 2.27. The number of aromatic nitrogens is 5. The van der Waals surface area contributed by atoms with Crippen molar-refractivity contribution in [2.24, 2.45) is 0 Å². The smallest absolute Gasteiger partial charge is 0.319 e. The Bertz CT molecular complexity index is 1580. The molecule has 4 aromatic rings. The zero-order valence-electron chi connectivity index (χ0n) is 21.9. The number of benzene rings is 1. The highest BCUT2D eigenvalue weighted by molar-refractivity contribution is 6.33. The maximum Gasteiger partial charge on any atom is 0.319 e. The van der Waals surface area contributed by atoms with Gasteiger partial charge in [-0.05, 0) is 32.0 Å². The van der Waals surface area contributed by atoms with Crippen LogP contribution in [0.4, 0.5) is 10.2 Å². The number of aromatic amines is 1. The third-order valence-corrected chi connectivity index (χ3v) is 7.69. The molecular weight excluding hydrogens is 539 g/mol. The van der Waals surface area contributed by atoms with Crippen molar-refractivity contribution in [1.82, 2.24) is 34.9 Å². The Hall–Kier alpha value is -4.03. The number of likely N-dealkylation sites (tertiary alicyclic amines) is 1. The third kappa shape index (κ3) is 5.00. The standard InChI is InChI=1S/C27H28ClFN8O3/c1-3-21(38)36-10-12-37(13-11-36)25-17-4-7-30-26(40-24-18-15-31-34-20(18)14-19(29)22(24)28)23(17)32-27(33-25)39-16-5-8-35(2)9-6-16/h3-4,7,14-16H,1,5-6,8-13H2,2H3,(H,31,34). The summed E-state index contributed by atoms with van der Waals surface area (Å²) in [6.45, 7) is 7.58. The van der Waals surface area contributed by atoms with E-state index < -0.39 is 5.82 Å². The number of piperazine rings is 1. The molecule has 0 saturated carbocycles. The van der Waals surface area contributed by atoms with Crippen molar-refractivity contribution in [2.45, 2.75) is 18.9 Å². The van der Waals surface area contributed by atoms with E-state index >= 15 is 0 Å². The van der Waals surface area contributed by atoms with Gasteiger partial charge in [0, 0.05) is 51.5 Å². The number of H-pyrrole nitrogens is 1. The summed E-state index contributed by atoms with van der Waals surface area (Å²) in [5.74, 6) is 0.104. The van der Waals surface area contributed by atoms with Gasteiger partial charge in [0.25, 0.3) is 0 Å². The molecule has 11 nitrogen and oxygen atoms in total. The second-order valence-electron chi connectivity index (χ2n) is 9.91. The van der Waals surface area contributed by atoms with E-state index in [1.807, 2.05) is 0 Å². The second kappa shape index (κ2) is 10.9. The van der Waals surface area contributed by atoms with Crippen molar-refractivity contribution in [3.63, 3.8) is 0 Å². The molecule has 0 bridgehead atoms. The van der Waals surface area contributed by atoms with Crippen molar-refractivity contribution < 1.29 is 18.7 Å². The number of carbonyl (C=O) groups excluding carboxylic acids is 1. The summed E-state index contributed by atoms with van der Waals surface area (Å²) in [5, 5.41) is 7.73. The van der Waals surface area contributed by atoms with Gasteiger partial charge in [-0.15, -0.1) is 0 Å². The number of fused-ring (bicyclic) bond motifs is 2. The zero-order valence-corrected chi connectivity index (χ0v) is 22.7. The molecule has 2 saturated heterocycles. The molecule has 2 fully saturated rings. The van der Waals surface area contributed by atoms with E-state index in [-0.39, 0.29) is 34.7 Å². The maximum atomic E-state index is 14.6. The first-order valence-electron chi connectivity index (χ1n) is 13.1. The van der Waals surface area contributed by atoms with Gasteiger partial charge in [0.2, 0.25) is 11.8 Å². The highest BCUT2D eigenvalue weighted by atomic mass is 35.5. The summed E-state index contributed by atoms with van der Waals surface area (Å²) in [4.78, 5) is 32.2. The number of rotatable bonds is 6. The fourth-order valence-electron chi connectivity index (χ4n) is 5.08. The quantitative estimate of drug-likeness (QED) is 0.348. The van der Waals surface area contributed by atoms with Gasteiger partial charge < -0.3 is 24.2 Å². The zero-order chi connectivity index (χ0) is 27.8. The Morgan fingerprint density at radius 2 is 1.95 bits per heavy atom. The Morgan fingerprint density at radius 3 is 2.70 bits per heavy atom. The van der Waals surface area contributed by atoms with Crippen LogP contribution in [-0.4, -0.2) is 93.3 Å². The first-order chi connectivity index (χ1) is 19.4. The Labute approximate surface area is 234 Å². The molecular formula is C27H28ClFN8O3. The number of anilines is 1. The predicted molar refractivity (Wildman–Crippen MR) is 149 cm³/mol. The van der Waals surface area contributed by atoms with E-state index in [2.05, 4.69) is 38.6 Å². The van der Waals surface area contributed by atoms with Crippen LogP contribution < -0.4 is 14.4 Å². The lowest BCUT2D eigenvalue weighted by Gasteiger charge is -2.35. The molecule has 2 aliphatic heterocycles. The average Bonchev–Trinajstić information content (AvgIpc) is 3.44. The lowest BCUT2D eigenvalue weighted by atomic mass is 10.1. The number of pyridine rings is 1. The molecule has 0 spiro atoms. The minimum atomic E-state index is -0.651. The molecule has 0 radical (unpaired) electrons. The Kier molecular flexibility index (Phi) is 7.11. The first-order valence-corrected chi connectivity index (χ1v) is 13.5. The number of hydrogen-bond acceptors (Lipinski definition) is 9. The van der Waals surface area contributed by atoms with E-state index in [1.165, 1.54) is 18.3 Å². The molecule has 13 heteroatoms. The normalized spacial score (nSPS) is 17.0. The Balaban J connectivity index is 1.41. The third-order valence-electron chi connectivity index (χ3n) is 7.34. The molecule has 1 aromatic carbocycles. The molecule has 5 heterocycles. The first kappa shape index (κ1) is 26.2. The minimum Gasteiger partial charge on any atom is -0.460 e. The summed E-state index contributed by atoms with van der Waals surface area (Å²) in [6.07, 6.45) is 6.09. The monoisotopic (exact) mass is 566 g/mol.